The SMILES string of the molecule is NC(=S)c1ccc(Oc2cccc(Cl)c2)cc1Cl. The van der Waals surface area contributed by atoms with Gasteiger partial charge in [0.25, 0.3) is 0 Å². The molecule has 0 saturated carbocycles. The molecule has 0 spiro atoms. The molecule has 0 amide bonds. The fourth-order valence-corrected chi connectivity index (χ4v) is 2.11. The lowest BCUT2D eigenvalue weighted by molar-refractivity contribution is 0.483. The van der Waals surface area contributed by atoms with E-state index in [4.69, 9.17) is 45.9 Å². The van der Waals surface area contributed by atoms with Crippen LogP contribution in [0, 0.1) is 0 Å². The van der Waals surface area contributed by atoms with Gasteiger partial charge in [-0.3, -0.25) is 0 Å². The highest BCUT2D eigenvalue weighted by Crippen LogP contribution is 2.28. The lowest BCUT2D eigenvalue weighted by atomic mass is 10.2. The number of benzene rings is 2. The van der Waals surface area contributed by atoms with Gasteiger partial charge in [0.15, 0.2) is 0 Å². The fraction of sp³-hybridized carbons (Fsp3) is 0. The van der Waals surface area contributed by atoms with Crippen LogP contribution < -0.4 is 10.5 Å². The molecule has 0 aromatic heterocycles. The van der Waals surface area contributed by atoms with Gasteiger partial charge in [0.05, 0.1) is 5.02 Å². The van der Waals surface area contributed by atoms with Gasteiger partial charge in [0, 0.05) is 16.7 Å². The number of hydrogen-bond donors (Lipinski definition) is 1. The van der Waals surface area contributed by atoms with Crippen molar-refractivity contribution < 1.29 is 4.74 Å². The van der Waals surface area contributed by atoms with Crippen LogP contribution in [0.5, 0.6) is 11.5 Å². The van der Waals surface area contributed by atoms with E-state index in [1.807, 2.05) is 6.07 Å². The molecule has 18 heavy (non-hydrogen) atoms. The maximum absolute atomic E-state index is 6.05. The highest BCUT2D eigenvalue weighted by atomic mass is 35.5. The van der Waals surface area contributed by atoms with E-state index in [0.29, 0.717) is 27.1 Å². The van der Waals surface area contributed by atoms with Crippen molar-refractivity contribution >= 4 is 40.4 Å². The molecule has 0 bridgehead atoms. The molecule has 0 unspecified atom stereocenters. The molecular formula is C13H9Cl2NOS. The van der Waals surface area contributed by atoms with Crippen LogP contribution >= 0.6 is 35.4 Å². The van der Waals surface area contributed by atoms with E-state index in [9.17, 15) is 0 Å². The number of nitrogens with two attached hydrogens (primary N) is 1. The normalized spacial score (nSPS) is 10.1. The van der Waals surface area contributed by atoms with Crippen molar-refractivity contribution in [3.8, 4) is 11.5 Å². The predicted octanol–water partition coefficient (Wildman–Crippen LogP) is 4.42. The molecule has 0 radical (unpaired) electrons. The molecule has 0 atom stereocenters. The van der Waals surface area contributed by atoms with E-state index in [1.54, 1.807) is 36.4 Å². The van der Waals surface area contributed by atoms with Gasteiger partial charge in [-0.2, -0.15) is 0 Å². The summed E-state index contributed by atoms with van der Waals surface area (Å²) in [6.07, 6.45) is 0. The first-order chi connectivity index (χ1) is 8.56. The molecule has 0 saturated heterocycles. The Morgan fingerprint density at radius 2 is 1.78 bits per heavy atom. The van der Waals surface area contributed by atoms with Crippen molar-refractivity contribution in [1.29, 1.82) is 0 Å². The summed E-state index contributed by atoms with van der Waals surface area (Å²) in [5, 5.41) is 1.07. The largest absolute Gasteiger partial charge is 0.457 e. The van der Waals surface area contributed by atoms with Crippen LogP contribution in [0.2, 0.25) is 10.0 Å². The summed E-state index contributed by atoms with van der Waals surface area (Å²) < 4.78 is 5.62. The van der Waals surface area contributed by atoms with Gasteiger partial charge in [0.2, 0.25) is 0 Å². The van der Waals surface area contributed by atoms with Crippen molar-refractivity contribution in [2.24, 2.45) is 5.73 Å². The highest BCUT2D eigenvalue weighted by molar-refractivity contribution is 7.80. The molecule has 0 fully saturated rings. The van der Waals surface area contributed by atoms with E-state index >= 15 is 0 Å². The first-order valence-corrected chi connectivity index (χ1v) is 6.25. The number of ether oxygens (including phenoxy) is 1. The van der Waals surface area contributed by atoms with Gasteiger partial charge in [0.1, 0.15) is 16.5 Å². The molecule has 2 N–H and O–H groups in total. The predicted molar refractivity (Wildman–Crippen MR) is 78.9 cm³/mol. The number of thiocarbonyl (C=S) groups is 1. The van der Waals surface area contributed by atoms with Crippen molar-refractivity contribution in [2.75, 3.05) is 0 Å². The summed E-state index contributed by atoms with van der Waals surface area (Å²) in [5.74, 6) is 1.24. The third-order valence-electron chi connectivity index (χ3n) is 2.24. The van der Waals surface area contributed by atoms with E-state index in [0.717, 1.165) is 0 Å². The van der Waals surface area contributed by atoms with E-state index in [2.05, 4.69) is 0 Å². The summed E-state index contributed by atoms with van der Waals surface area (Å²) in [7, 11) is 0. The molecule has 0 aliphatic rings. The Kier molecular flexibility index (Phi) is 4.07. The molecule has 2 aromatic rings. The van der Waals surface area contributed by atoms with Crippen LogP contribution in [-0.2, 0) is 0 Å². The van der Waals surface area contributed by atoms with Crippen LogP contribution in [-0.4, -0.2) is 4.99 Å². The summed E-state index contributed by atoms with van der Waals surface area (Å²) in [5.41, 5.74) is 6.16. The van der Waals surface area contributed by atoms with Crippen molar-refractivity contribution in [2.45, 2.75) is 0 Å². The molecule has 0 aliphatic carbocycles. The van der Waals surface area contributed by atoms with Crippen molar-refractivity contribution in [3.05, 3.63) is 58.1 Å². The molecular weight excluding hydrogens is 289 g/mol. The Balaban J connectivity index is 2.25. The standard InChI is InChI=1S/C13H9Cl2NOS/c14-8-2-1-3-9(6-8)17-10-4-5-11(13(16)18)12(15)7-10/h1-7H,(H2,16,18). The van der Waals surface area contributed by atoms with Crippen LogP contribution in [0.1, 0.15) is 5.56 Å². The van der Waals surface area contributed by atoms with Crippen LogP contribution in [0.15, 0.2) is 42.5 Å². The summed E-state index contributed by atoms with van der Waals surface area (Å²) in [6.45, 7) is 0. The number of rotatable bonds is 3. The van der Waals surface area contributed by atoms with Gasteiger partial charge in [-0.1, -0.05) is 41.5 Å². The first kappa shape index (κ1) is 13.1. The Labute approximate surface area is 120 Å². The summed E-state index contributed by atoms with van der Waals surface area (Å²) in [4.78, 5) is 0.259. The molecule has 2 nitrogen and oxygen atoms in total. The fourth-order valence-electron chi connectivity index (χ4n) is 1.43. The van der Waals surface area contributed by atoms with Crippen LogP contribution in [0.4, 0.5) is 0 Å². The van der Waals surface area contributed by atoms with Gasteiger partial charge in [-0.05, 0) is 30.3 Å². The topological polar surface area (TPSA) is 35.2 Å². The third-order valence-corrected chi connectivity index (χ3v) is 3.01. The second-order valence-corrected chi connectivity index (χ2v) is 4.85. The molecule has 2 aromatic carbocycles. The molecule has 2 rings (SSSR count). The van der Waals surface area contributed by atoms with E-state index < -0.39 is 0 Å². The zero-order valence-electron chi connectivity index (χ0n) is 9.19. The highest BCUT2D eigenvalue weighted by Gasteiger charge is 2.06. The van der Waals surface area contributed by atoms with Gasteiger partial charge in [-0.25, -0.2) is 0 Å². The van der Waals surface area contributed by atoms with E-state index in [-0.39, 0.29) is 4.99 Å². The van der Waals surface area contributed by atoms with E-state index in [1.165, 1.54) is 0 Å². The molecule has 92 valence electrons. The van der Waals surface area contributed by atoms with Gasteiger partial charge in [-0.15, -0.1) is 0 Å². The minimum absolute atomic E-state index is 0.259. The Morgan fingerprint density at radius 1 is 1.06 bits per heavy atom. The first-order valence-electron chi connectivity index (χ1n) is 5.09. The minimum Gasteiger partial charge on any atom is -0.457 e. The zero-order chi connectivity index (χ0) is 13.1. The lowest BCUT2D eigenvalue weighted by Crippen LogP contribution is -2.09. The number of hydrogen-bond acceptors (Lipinski definition) is 2. The Morgan fingerprint density at radius 3 is 2.39 bits per heavy atom. The maximum atomic E-state index is 6.05. The minimum atomic E-state index is 0.259. The zero-order valence-corrected chi connectivity index (χ0v) is 11.5. The average Bonchev–Trinajstić information content (AvgIpc) is 2.28. The smallest absolute Gasteiger partial charge is 0.128 e. The van der Waals surface area contributed by atoms with Crippen LogP contribution in [0.3, 0.4) is 0 Å². The average molecular weight is 298 g/mol. The Hall–Kier alpha value is -1.29. The second kappa shape index (κ2) is 5.57. The number of halogens is 2. The van der Waals surface area contributed by atoms with Gasteiger partial charge >= 0.3 is 0 Å². The molecule has 5 heteroatoms. The van der Waals surface area contributed by atoms with Crippen LogP contribution in [0.25, 0.3) is 0 Å². The molecule has 0 aliphatic heterocycles. The Bertz CT molecular complexity index is 601. The monoisotopic (exact) mass is 297 g/mol. The second-order valence-electron chi connectivity index (χ2n) is 3.57. The summed E-state index contributed by atoms with van der Waals surface area (Å²) in [6, 6.07) is 12.3. The van der Waals surface area contributed by atoms with Gasteiger partial charge < -0.3 is 10.5 Å². The quantitative estimate of drug-likeness (QED) is 0.852. The van der Waals surface area contributed by atoms with Crippen molar-refractivity contribution in [1.82, 2.24) is 0 Å². The maximum Gasteiger partial charge on any atom is 0.128 e. The summed E-state index contributed by atoms with van der Waals surface area (Å²) >= 11 is 16.8. The third kappa shape index (κ3) is 3.13. The molecule has 0 heterocycles. The lowest BCUT2D eigenvalue weighted by Gasteiger charge is -2.08. The van der Waals surface area contributed by atoms with Crippen molar-refractivity contribution in [3.63, 3.8) is 0 Å².